The lowest BCUT2D eigenvalue weighted by Crippen LogP contribution is -2.37. The molecule has 3 heterocycles. The Balaban J connectivity index is 1.23. The van der Waals surface area contributed by atoms with E-state index in [0.29, 0.717) is 63.1 Å². The highest BCUT2D eigenvalue weighted by atomic mass is 16.6. The van der Waals surface area contributed by atoms with Crippen LogP contribution in [0.2, 0.25) is 0 Å². The number of nitrogens with zero attached hydrogens (tertiary/aromatic N) is 1. The number of aryl methyl sites for hydroxylation is 1. The van der Waals surface area contributed by atoms with Gasteiger partial charge < -0.3 is 39.4 Å². The Morgan fingerprint density at radius 2 is 1.85 bits per heavy atom. The standard InChI is InChI=1S/C44H46N2O8/c1-45-22-52-38-20-34-33-19-32-28(23-5-11-35-24(16-23)13-14-46-35)8-9-29-36(49)12-10-30(39(29)32)40(33)44-31(7-6-27(21-48)53-44)43(34)54-42(38)26-17-25(4-3-15-47)41(50)37(18-26)51-2/h5,8-13,16-18,27-28,32,38,42,45,47-50H,3-4,6-7,14-15,19-22H2,1-2H3/t27-,28-,32+,38+,42+/m0/s1. The predicted octanol–water partition coefficient (Wildman–Crippen LogP) is 4.49. The van der Waals surface area contributed by atoms with Crippen LogP contribution in [-0.2, 0) is 30.4 Å². The largest absolute Gasteiger partial charge is 0.507 e. The maximum atomic E-state index is 11.2. The first kappa shape index (κ1) is 34.9. The smallest absolute Gasteiger partial charge is 0.161 e. The normalized spacial score (nSPS) is 22.7. The topological polar surface area (TPSA) is 142 Å². The van der Waals surface area contributed by atoms with E-state index in [-0.39, 0.29) is 42.7 Å². The summed E-state index contributed by atoms with van der Waals surface area (Å²) < 4.78 is 26.1. The molecular formula is C44H46N2O8. The zero-order valence-electron chi connectivity index (χ0n) is 30.6. The number of benzene rings is 4. The van der Waals surface area contributed by atoms with Gasteiger partial charge in [-0.1, -0.05) is 30.4 Å². The van der Waals surface area contributed by atoms with E-state index in [4.69, 9.17) is 18.9 Å². The highest BCUT2D eigenvalue weighted by molar-refractivity contribution is 5.88. The van der Waals surface area contributed by atoms with Crippen LogP contribution < -0.4 is 30.1 Å². The Hall–Kier alpha value is -4.87. The van der Waals surface area contributed by atoms with E-state index in [1.165, 1.54) is 12.7 Å². The molecular weight excluding hydrogens is 684 g/mol. The Labute approximate surface area is 314 Å². The van der Waals surface area contributed by atoms with Gasteiger partial charge in [-0.25, -0.2) is 0 Å². The molecule has 5 atom stereocenters. The zero-order valence-corrected chi connectivity index (χ0v) is 30.6. The van der Waals surface area contributed by atoms with Gasteiger partial charge in [0.2, 0.25) is 0 Å². The summed E-state index contributed by atoms with van der Waals surface area (Å²) in [4.78, 5) is 4.62. The van der Waals surface area contributed by atoms with Crippen molar-refractivity contribution >= 4 is 12.2 Å². The summed E-state index contributed by atoms with van der Waals surface area (Å²) in [7, 11) is 3.38. The summed E-state index contributed by atoms with van der Waals surface area (Å²) in [6, 6.07) is 14.1. The molecule has 5 N–H and O–H groups in total. The molecule has 4 aromatic carbocycles. The second-order valence-corrected chi connectivity index (χ2v) is 15.0. The number of nitrogens with one attached hydrogen (secondary N) is 1. The zero-order chi connectivity index (χ0) is 37.1. The van der Waals surface area contributed by atoms with Crippen molar-refractivity contribution in [1.29, 1.82) is 0 Å². The lowest BCUT2D eigenvalue weighted by Gasteiger charge is -2.43. The van der Waals surface area contributed by atoms with Crippen LogP contribution >= 0.6 is 0 Å². The number of rotatable bonds is 10. The van der Waals surface area contributed by atoms with Crippen molar-refractivity contribution in [1.82, 2.24) is 5.32 Å². The minimum absolute atomic E-state index is 0.00187. The molecule has 0 unspecified atom stereocenters. The van der Waals surface area contributed by atoms with Gasteiger partial charge in [0.05, 0.1) is 32.3 Å². The third-order valence-corrected chi connectivity index (χ3v) is 11.9. The van der Waals surface area contributed by atoms with Gasteiger partial charge in [-0.15, -0.1) is 0 Å². The van der Waals surface area contributed by atoms with Gasteiger partial charge >= 0.3 is 0 Å². The second kappa shape index (κ2) is 14.1. The highest BCUT2D eigenvalue weighted by Gasteiger charge is 2.44. The summed E-state index contributed by atoms with van der Waals surface area (Å²) in [5.74, 6) is 2.27. The molecule has 5 aliphatic rings. The van der Waals surface area contributed by atoms with Crippen LogP contribution in [0.25, 0.3) is 23.3 Å². The maximum absolute atomic E-state index is 11.2. The fourth-order valence-corrected chi connectivity index (χ4v) is 9.40. The molecule has 54 heavy (non-hydrogen) atoms. The number of ether oxygens (including phenoxy) is 4. The fraction of sp³-hybridized carbons (Fsp3) is 0.386. The van der Waals surface area contributed by atoms with Crippen molar-refractivity contribution in [3.63, 3.8) is 0 Å². The molecule has 0 fully saturated rings. The van der Waals surface area contributed by atoms with E-state index in [2.05, 4.69) is 46.7 Å². The van der Waals surface area contributed by atoms with Crippen LogP contribution in [0.1, 0.15) is 75.3 Å². The number of aliphatic hydroxyl groups is 2. The third-order valence-electron chi connectivity index (χ3n) is 11.9. The third kappa shape index (κ3) is 5.66. The minimum Gasteiger partial charge on any atom is -0.507 e. The lowest BCUT2D eigenvalue weighted by atomic mass is 9.65. The Bertz CT molecular complexity index is 2300. The average molecular weight is 731 g/mol. The van der Waals surface area contributed by atoms with Crippen molar-refractivity contribution in [3.8, 4) is 39.9 Å². The molecule has 10 heteroatoms. The Kier molecular flexibility index (Phi) is 9.09. The van der Waals surface area contributed by atoms with E-state index in [1.54, 1.807) is 6.07 Å². The quantitative estimate of drug-likeness (QED) is 0.149. The van der Waals surface area contributed by atoms with Gasteiger partial charge in [-0.05, 0) is 114 Å². The van der Waals surface area contributed by atoms with Crippen molar-refractivity contribution < 1.29 is 39.4 Å². The monoisotopic (exact) mass is 730 g/mol. The van der Waals surface area contributed by atoms with Gasteiger partial charge in [-0.3, -0.25) is 10.3 Å². The van der Waals surface area contributed by atoms with E-state index in [0.717, 1.165) is 66.6 Å². The van der Waals surface area contributed by atoms with Crippen molar-refractivity contribution in [2.24, 2.45) is 4.99 Å². The summed E-state index contributed by atoms with van der Waals surface area (Å²) in [6.07, 6.45) is 8.72. The summed E-state index contributed by atoms with van der Waals surface area (Å²) in [5, 5.41) is 47.5. The van der Waals surface area contributed by atoms with Gasteiger partial charge in [0.15, 0.2) is 17.6 Å². The van der Waals surface area contributed by atoms with Gasteiger partial charge in [0.1, 0.15) is 29.5 Å². The number of methoxy groups -OCH3 is 1. The van der Waals surface area contributed by atoms with Crippen LogP contribution in [0.3, 0.4) is 0 Å². The summed E-state index contributed by atoms with van der Waals surface area (Å²) >= 11 is 0. The number of allylic oxidation sites excluding steroid dienone is 1. The van der Waals surface area contributed by atoms with Crippen LogP contribution in [-0.4, -0.2) is 73.3 Å². The number of phenolic OH excluding ortho intramolecular Hbond substituents is 2. The van der Waals surface area contributed by atoms with E-state index in [9.17, 15) is 20.4 Å². The molecule has 9 rings (SSSR count). The first-order valence-electron chi connectivity index (χ1n) is 19.0. The second-order valence-electron chi connectivity index (χ2n) is 15.0. The molecule has 0 amide bonds. The number of aromatic hydroxyl groups is 2. The summed E-state index contributed by atoms with van der Waals surface area (Å²) in [6.45, 7) is 0.911. The molecule has 0 bridgehead atoms. The Morgan fingerprint density at radius 3 is 2.67 bits per heavy atom. The van der Waals surface area contributed by atoms with Crippen molar-refractivity contribution in [2.45, 2.75) is 68.7 Å². The lowest BCUT2D eigenvalue weighted by molar-refractivity contribution is -0.0436. The van der Waals surface area contributed by atoms with Gasteiger partial charge in [-0.2, -0.15) is 0 Å². The minimum atomic E-state index is -0.538. The predicted molar refractivity (Wildman–Crippen MR) is 204 cm³/mol. The molecule has 0 saturated carbocycles. The molecule has 3 aliphatic heterocycles. The fourth-order valence-electron chi connectivity index (χ4n) is 9.40. The van der Waals surface area contributed by atoms with E-state index >= 15 is 0 Å². The molecule has 10 nitrogen and oxygen atoms in total. The van der Waals surface area contributed by atoms with Crippen molar-refractivity contribution in [2.75, 3.05) is 40.6 Å². The maximum Gasteiger partial charge on any atom is 0.161 e. The number of hydrogen-bond acceptors (Lipinski definition) is 10. The molecule has 0 aromatic heterocycles. The first-order chi connectivity index (χ1) is 26.4. The molecule has 0 radical (unpaired) electrons. The average Bonchev–Trinajstić information content (AvgIpc) is 3.68. The van der Waals surface area contributed by atoms with Crippen LogP contribution in [0, 0.1) is 0 Å². The number of fused-ring (bicyclic) bond motifs is 8. The highest BCUT2D eigenvalue weighted by Crippen LogP contribution is 2.59. The molecule has 2 aliphatic carbocycles. The molecule has 4 aromatic rings. The number of hydrogen-bond donors (Lipinski definition) is 5. The Morgan fingerprint density at radius 1 is 0.963 bits per heavy atom. The van der Waals surface area contributed by atoms with Gasteiger partial charge in [0.25, 0.3) is 0 Å². The van der Waals surface area contributed by atoms with Crippen LogP contribution in [0.15, 0.2) is 53.5 Å². The van der Waals surface area contributed by atoms with E-state index < -0.39 is 12.2 Å². The number of aliphatic hydroxyl groups excluding tert-OH is 2. The summed E-state index contributed by atoms with van der Waals surface area (Å²) in [5.41, 5.74) is 9.90. The van der Waals surface area contributed by atoms with Crippen molar-refractivity contribution in [3.05, 3.63) is 104 Å². The number of phenols is 2. The SMILES string of the molecule is CNCO[C@@H]1Cc2c3c(c4c(c2O[C@@H]1c1cc(CCCO)c(O)c(OC)c1)CC[C@@H](CO)O4)-c1ccc(O)c2c1[C@H](C3)[C@H](c1ccc3c(c1)=CCN=3)C=C2. The molecule has 280 valence electrons. The van der Waals surface area contributed by atoms with E-state index in [1.807, 2.05) is 25.2 Å². The van der Waals surface area contributed by atoms with Crippen LogP contribution in [0.5, 0.6) is 28.7 Å². The van der Waals surface area contributed by atoms with Gasteiger partial charge in [0, 0.05) is 41.2 Å². The van der Waals surface area contributed by atoms with Crippen LogP contribution in [0.4, 0.5) is 0 Å². The molecule has 0 spiro atoms. The first-order valence-corrected chi connectivity index (χ1v) is 19.0. The molecule has 0 saturated heterocycles.